The van der Waals surface area contributed by atoms with Crippen LogP contribution in [0, 0.1) is 0 Å². The maximum atomic E-state index is 5.57. The molecule has 0 amide bonds. The molecule has 0 aliphatic heterocycles. The minimum absolute atomic E-state index is 0.635. The molecule has 0 bridgehead atoms. The van der Waals surface area contributed by atoms with E-state index in [-0.39, 0.29) is 0 Å². The molecule has 0 spiro atoms. The van der Waals surface area contributed by atoms with Gasteiger partial charge in [-0.15, -0.1) is 10.2 Å². The lowest BCUT2D eigenvalue weighted by atomic mass is 10.2. The van der Waals surface area contributed by atoms with Crippen LogP contribution in [0.3, 0.4) is 0 Å². The Morgan fingerprint density at radius 1 is 0.958 bits per heavy atom. The summed E-state index contributed by atoms with van der Waals surface area (Å²) in [6.07, 6.45) is 3.41. The van der Waals surface area contributed by atoms with E-state index >= 15 is 0 Å². The molecule has 4 rings (SSSR count). The van der Waals surface area contributed by atoms with Crippen molar-refractivity contribution in [2.24, 2.45) is 0 Å². The van der Waals surface area contributed by atoms with Crippen LogP contribution in [0.25, 0.3) is 17.1 Å². The molecule has 4 aromatic rings. The van der Waals surface area contributed by atoms with E-state index in [9.17, 15) is 0 Å². The van der Waals surface area contributed by atoms with Crippen molar-refractivity contribution in [1.82, 2.24) is 19.7 Å². The summed E-state index contributed by atoms with van der Waals surface area (Å²) in [5.74, 6) is 1.30. The van der Waals surface area contributed by atoms with Gasteiger partial charge >= 0.3 is 0 Å². The minimum atomic E-state index is 0.635. The number of oxazole rings is 1. The molecule has 118 valence electrons. The summed E-state index contributed by atoms with van der Waals surface area (Å²) in [6.45, 7) is 0. The number of rotatable bonds is 5. The van der Waals surface area contributed by atoms with Gasteiger partial charge in [-0.3, -0.25) is 4.57 Å². The molecule has 0 saturated heterocycles. The average molecular weight is 334 g/mol. The third-order valence-electron chi connectivity index (χ3n) is 3.47. The first-order chi connectivity index (χ1) is 11.9. The first-order valence-electron chi connectivity index (χ1n) is 7.48. The van der Waals surface area contributed by atoms with Gasteiger partial charge in [0, 0.05) is 17.0 Å². The molecular formula is C18H14N4OS. The van der Waals surface area contributed by atoms with Crippen LogP contribution in [-0.4, -0.2) is 19.7 Å². The molecule has 2 aromatic heterocycles. The second kappa shape index (κ2) is 6.72. The zero-order valence-corrected chi connectivity index (χ0v) is 13.6. The molecule has 0 fully saturated rings. The van der Waals surface area contributed by atoms with Gasteiger partial charge in [0.2, 0.25) is 5.89 Å². The van der Waals surface area contributed by atoms with E-state index in [1.807, 2.05) is 65.2 Å². The topological polar surface area (TPSA) is 56.7 Å². The lowest BCUT2D eigenvalue weighted by Crippen LogP contribution is -1.94. The predicted molar refractivity (Wildman–Crippen MR) is 92.9 cm³/mol. The molecule has 6 heteroatoms. The summed E-state index contributed by atoms with van der Waals surface area (Å²) in [6, 6.07) is 19.9. The van der Waals surface area contributed by atoms with Gasteiger partial charge in [-0.05, 0) is 24.3 Å². The summed E-state index contributed by atoms with van der Waals surface area (Å²) in [4.78, 5) is 4.54. The van der Waals surface area contributed by atoms with E-state index in [1.54, 1.807) is 24.4 Å². The van der Waals surface area contributed by atoms with Gasteiger partial charge in [0.25, 0.3) is 0 Å². The maximum absolute atomic E-state index is 5.57. The summed E-state index contributed by atoms with van der Waals surface area (Å²) in [5, 5.41) is 9.03. The van der Waals surface area contributed by atoms with Crippen LogP contribution in [-0.2, 0) is 5.75 Å². The van der Waals surface area contributed by atoms with Crippen LogP contribution in [0.15, 0.2) is 82.8 Å². The molecule has 0 saturated carbocycles. The van der Waals surface area contributed by atoms with Crippen LogP contribution < -0.4 is 0 Å². The Bertz CT molecular complexity index is 918. The van der Waals surface area contributed by atoms with E-state index in [0.717, 1.165) is 22.1 Å². The number of benzene rings is 2. The zero-order valence-electron chi connectivity index (χ0n) is 12.7. The molecule has 0 unspecified atom stereocenters. The van der Waals surface area contributed by atoms with Gasteiger partial charge < -0.3 is 4.42 Å². The molecule has 5 nitrogen and oxygen atoms in total. The highest BCUT2D eigenvalue weighted by molar-refractivity contribution is 7.98. The summed E-state index contributed by atoms with van der Waals surface area (Å²) in [5.41, 5.74) is 2.89. The van der Waals surface area contributed by atoms with E-state index in [2.05, 4.69) is 15.2 Å². The molecular weight excluding hydrogens is 320 g/mol. The van der Waals surface area contributed by atoms with Gasteiger partial charge in [0.15, 0.2) is 5.16 Å². The van der Waals surface area contributed by atoms with Crippen LogP contribution >= 0.6 is 11.8 Å². The molecule has 2 aromatic carbocycles. The Balaban J connectivity index is 1.49. The minimum Gasteiger partial charge on any atom is -0.444 e. The van der Waals surface area contributed by atoms with Crippen molar-refractivity contribution in [2.75, 3.05) is 0 Å². The molecule has 0 radical (unpaired) electrons. The average Bonchev–Trinajstić information content (AvgIpc) is 3.31. The van der Waals surface area contributed by atoms with Crippen molar-refractivity contribution in [3.8, 4) is 17.1 Å². The molecule has 0 aliphatic carbocycles. The van der Waals surface area contributed by atoms with E-state index in [0.29, 0.717) is 11.6 Å². The van der Waals surface area contributed by atoms with Crippen LogP contribution in [0.2, 0.25) is 0 Å². The van der Waals surface area contributed by atoms with E-state index < -0.39 is 0 Å². The Hall–Kier alpha value is -2.86. The van der Waals surface area contributed by atoms with Crippen molar-refractivity contribution >= 4 is 11.8 Å². The third-order valence-corrected chi connectivity index (χ3v) is 4.45. The Labute approximate surface area is 143 Å². The highest BCUT2D eigenvalue weighted by Crippen LogP contribution is 2.25. The van der Waals surface area contributed by atoms with Gasteiger partial charge in [-0.2, -0.15) is 0 Å². The lowest BCUT2D eigenvalue weighted by molar-refractivity contribution is 0.573. The fraction of sp³-hybridized carbons (Fsp3) is 0.0556. The maximum Gasteiger partial charge on any atom is 0.226 e. The lowest BCUT2D eigenvalue weighted by Gasteiger charge is -2.04. The number of nitrogens with zero attached hydrogens (tertiary/aromatic N) is 4. The van der Waals surface area contributed by atoms with Crippen LogP contribution in [0.5, 0.6) is 0 Å². The van der Waals surface area contributed by atoms with Crippen molar-refractivity contribution in [2.45, 2.75) is 10.9 Å². The first-order valence-corrected chi connectivity index (χ1v) is 8.47. The molecule has 0 atom stereocenters. The fourth-order valence-electron chi connectivity index (χ4n) is 2.31. The van der Waals surface area contributed by atoms with Crippen molar-refractivity contribution in [3.05, 3.63) is 78.9 Å². The standard InChI is InChI=1S/C18H14N4OS/c1-3-7-14(8-4-1)17-20-15(11-23-17)12-24-18-21-19-13-22(18)16-9-5-2-6-10-16/h1-11,13H,12H2. The van der Waals surface area contributed by atoms with E-state index in [4.69, 9.17) is 4.42 Å². The number of thioether (sulfide) groups is 1. The van der Waals surface area contributed by atoms with Crippen molar-refractivity contribution in [1.29, 1.82) is 0 Å². The van der Waals surface area contributed by atoms with Gasteiger partial charge in [-0.25, -0.2) is 4.98 Å². The highest BCUT2D eigenvalue weighted by atomic mass is 32.2. The second-order valence-corrected chi connectivity index (χ2v) is 6.06. The van der Waals surface area contributed by atoms with Gasteiger partial charge in [0.1, 0.15) is 12.6 Å². The number of hydrogen-bond donors (Lipinski definition) is 0. The Morgan fingerprint density at radius 3 is 2.50 bits per heavy atom. The second-order valence-electron chi connectivity index (χ2n) is 5.12. The summed E-state index contributed by atoms with van der Waals surface area (Å²) >= 11 is 1.58. The molecule has 24 heavy (non-hydrogen) atoms. The monoisotopic (exact) mass is 334 g/mol. The van der Waals surface area contributed by atoms with Gasteiger partial charge in [0.05, 0.1) is 5.69 Å². The largest absolute Gasteiger partial charge is 0.444 e. The normalized spacial score (nSPS) is 10.8. The third kappa shape index (κ3) is 3.09. The van der Waals surface area contributed by atoms with Crippen LogP contribution in [0.1, 0.15) is 5.69 Å². The summed E-state index contributed by atoms with van der Waals surface area (Å²) < 4.78 is 7.53. The van der Waals surface area contributed by atoms with E-state index in [1.165, 1.54) is 0 Å². The fourth-order valence-corrected chi connectivity index (χ4v) is 3.12. The van der Waals surface area contributed by atoms with Crippen molar-refractivity contribution < 1.29 is 4.42 Å². The Morgan fingerprint density at radius 2 is 1.71 bits per heavy atom. The number of para-hydroxylation sites is 1. The Kier molecular flexibility index (Phi) is 4.12. The molecule has 0 N–H and O–H groups in total. The van der Waals surface area contributed by atoms with Gasteiger partial charge in [-0.1, -0.05) is 48.2 Å². The summed E-state index contributed by atoms with van der Waals surface area (Å²) in [7, 11) is 0. The van der Waals surface area contributed by atoms with Crippen LogP contribution in [0.4, 0.5) is 0 Å². The molecule has 0 aliphatic rings. The highest BCUT2D eigenvalue weighted by Gasteiger charge is 2.10. The first kappa shape index (κ1) is 14.7. The van der Waals surface area contributed by atoms with Crippen molar-refractivity contribution in [3.63, 3.8) is 0 Å². The number of hydrogen-bond acceptors (Lipinski definition) is 5. The number of aromatic nitrogens is 4. The smallest absolute Gasteiger partial charge is 0.226 e. The predicted octanol–water partition coefficient (Wildman–Crippen LogP) is 4.21. The quantitative estimate of drug-likeness (QED) is 0.512. The SMILES string of the molecule is c1ccc(-c2nc(CSc3nncn3-c3ccccc3)co2)cc1. The zero-order chi connectivity index (χ0) is 16.2. The molecule has 2 heterocycles.